The van der Waals surface area contributed by atoms with E-state index in [0.29, 0.717) is 6.42 Å². The van der Waals surface area contributed by atoms with E-state index in [9.17, 15) is 4.79 Å². The number of hydrogen-bond acceptors (Lipinski definition) is 6. The zero-order valence-corrected chi connectivity index (χ0v) is 9.38. The Kier molecular flexibility index (Phi) is 3.47. The van der Waals surface area contributed by atoms with E-state index in [1.165, 1.54) is 16.8 Å². The molecule has 2 heterocycles. The number of nitrogens with two attached hydrogens (primary N) is 1. The first-order chi connectivity index (χ1) is 8.65. The van der Waals surface area contributed by atoms with Crippen molar-refractivity contribution in [3.05, 3.63) is 33.2 Å². The van der Waals surface area contributed by atoms with Crippen molar-refractivity contribution in [3.8, 4) is 0 Å². The molecule has 0 aliphatic carbocycles. The second-order valence-electron chi connectivity index (χ2n) is 3.88. The Labute approximate surface area is 101 Å². The molecule has 1 aliphatic heterocycles. The van der Waals surface area contributed by atoms with Crippen LogP contribution in [0.4, 0.5) is 5.82 Å². The summed E-state index contributed by atoms with van der Waals surface area (Å²) in [5.41, 5.74) is 13.3. The average molecular weight is 252 g/mol. The van der Waals surface area contributed by atoms with Crippen molar-refractivity contribution < 1.29 is 9.84 Å². The molecule has 3 atom stereocenters. The molecule has 0 bridgehead atoms. The van der Waals surface area contributed by atoms with Crippen LogP contribution in [0.25, 0.3) is 10.4 Å². The maximum absolute atomic E-state index is 11.7. The molecule has 1 saturated heterocycles. The summed E-state index contributed by atoms with van der Waals surface area (Å²) in [6, 6.07) is 0.889. The molecule has 0 amide bonds. The molecule has 96 valence electrons. The standard InChI is InChI=1S/C9H12N6O3/c10-7-1-2-15(9(17)12-7)8-6(13-14-11)3-5(4-16)18-8/h1-2,5-6,8,16H,3-4H2,(H2,10,12,17)/t5-,6+,8-/m0/s1. The highest BCUT2D eigenvalue weighted by atomic mass is 16.5. The largest absolute Gasteiger partial charge is 0.394 e. The molecule has 3 N–H and O–H groups in total. The fraction of sp³-hybridized carbons (Fsp3) is 0.556. The van der Waals surface area contributed by atoms with E-state index < -0.39 is 24.1 Å². The predicted octanol–water partition coefficient (Wildman–Crippen LogP) is -0.216. The molecule has 1 aromatic rings. The van der Waals surface area contributed by atoms with Crippen LogP contribution in [0.3, 0.4) is 0 Å². The molecule has 0 radical (unpaired) electrons. The quantitative estimate of drug-likeness (QED) is 0.435. The maximum atomic E-state index is 11.7. The first-order valence-corrected chi connectivity index (χ1v) is 5.31. The Morgan fingerprint density at radius 1 is 1.78 bits per heavy atom. The van der Waals surface area contributed by atoms with Gasteiger partial charge in [0.2, 0.25) is 0 Å². The molecule has 0 spiro atoms. The van der Waals surface area contributed by atoms with Gasteiger partial charge in [-0.1, -0.05) is 5.11 Å². The van der Waals surface area contributed by atoms with Gasteiger partial charge in [-0.3, -0.25) is 4.57 Å². The van der Waals surface area contributed by atoms with Gasteiger partial charge in [-0.25, -0.2) is 4.79 Å². The summed E-state index contributed by atoms with van der Waals surface area (Å²) in [5.74, 6) is 0.105. The monoisotopic (exact) mass is 252 g/mol. The molecular formula is C9H12N6O3. The highest BCUT2D eigenvalue weighted by molar-refractivity contribution is 5.23. The van der Waals surface area contributed by atoms with Crippen molar-refractivity contribution in [3.63, 3.8) is 0 Å². The second kappa shape index (κ2) is 5.05. The lowest BCUT2D eigenvalue weighted by molar-refractivity contribution is -0.0278. The van der Waals surface area contributed by atoms with Gasteiger partial charge >= 0.3 is 5.69 Å². The molecule has 9 heteroatoms. The number of rotatable bonds is 3. The van der Waals surface area contributed by atoms with Gasteiger partial charge in [-0.15, -0.1) is 0 Å². The predicted molar refractivity (Wildman–Crippen MR) is 61.5 cm³/mol. The van der Waals surface area contributed by atoms with Crippen molar-refractivity contribution in [2.24, 2.45) is 5.11 Å². The Balaban J connectivity index is 2.35. The lowest BCUT2D eigenvalue weighted by Gasteiger charge is -2.17. The molecule has 1 aliphatic rings. The Bertz CT molecular complexity index is 537. The third-order valence-electron chi connectivity index (χ3n) is 2.69. The smallest absolute Gasteiger partial charge is 0.351 e. The van der Waals surface area contributed by atoms with Crippen LogP contribution in [0.1, 0.15) is 12.6 Å². The normalized spacial score (nSPS) is 26.8. The molecule has 9 nitrogen and oxygen atoms in total. The highest BCUT2D eigenvalue weighted by Gasteiger charge is 2.36. The summed E-state index contributed by atoms with van der Waals surface area (Å²) in [5, 5.41) is 12.6. The van der Waals surface area contributed by atoms with E-state index in [0.717, 1.165) is 0 Å². The van der Waals surface area contributed by atoms with Crippen LogP contribution in [-0.4, -0.2) is 33.4 Å². The SMILES string of the molecule is [N-]=[N+]=N[C@@H]1C[C@@H](CO)O[C@@H]1n1ccc(N)nc1=O. The molecule has 0 unspecified atom stereocenters. The number of anilines is 1. The van der Waals surface area contributed by atoms with Gasteiger partial charge in [0, 0.05) is 11.1 Å². The number of aromatic nitrogens is 2. The molecule has 2 rings (SSSR count). The first-order valence-electron chi connectivity index (χ1n) is 5.31. The zero-order valence-electron chi connectivity index (χ0n) is 9.38. The lowest BCUT2D eigenvalue weighted by Crippen LogP contribution is -2.31. The van der Waals surface area contributed by atoms with Gasteiger partial charge in [0.1, 0.15) is 12.0 Å². The van der Waals surface area contributed by atoms with Crippen molar-refractivity contribution in [1.29, 1.82) is 0 Å². The fourth-order valence-corrected chi connectivity index (χ4v) is 1.89. The van der Waals surface area contributed by atoms with Crippen molar-refractivity contribution in [2.45, 2.75) is 24.8 Å². The summed E-state index contributed by atoms with van der Waals surface area (Å²) in [6.07, 6.45) is 0.547. The number of nitrogen functional groups attached to an aromatic ring is 1. The van der Waals surface area contributed by atoms with E-state index >= 15 is 0 Å². The Hall–Kier alpha value is -2.09. The Morgan fingerprint density at radius 3 is 3.17 bits per heavy atom. The van der Waals surface area contributed by atoms with Crippen LogP contribution < -0.4 is 11.4 Å². The minimum atomic E-state index is -0.765. The minimum absolute atomic E-state index is 0.105. The number of nitrogens with zero attached hydrogens (tertiary/aromatic N) is 5. The average Bonchev–Trinajstić information content (AvgIpc) is 2.73. The molecule has 1 fully saturated rings. The molecule has 1 aromatic heterocycles. The number of aliphatic hydroxyl groups is 1. The topological polar surface area (TPSA) is 139 Å². The third-order valence-corrected chi connectivity index (χ3v) is 2.69. The van der Waals surface area contributed by atoms with Crippen LogP contribution in [0.15, 0.2) is 22.2 Å². The number of hydrogen-bond donors (Lipinski definition) is 2. The van der Waals surface area contributed by atoms with Gasteiger partial charge in [-0.05, 0) is 18.0 Å². The maximum Gasteiger partial charge on any atom is 0.351 e. The molecule has 0 aromatic carbocycles. The second-order valence-corrected chi connectivity index (χ2v) is 3.88. The van der Waals surface area contributed by atoms with E-state index in [2.05, 4.69) is 15.0 Å². The van der Waals surface area contributed by atoms with Gasteiger partial charge in [0.05, 0.1) is 18.8 Å². The van der Waals surface area contributed by atoms with E-state index in [1.54, 1.807) is 0 Å². The number of aliphatic hydroxyl groups excluding tert-OH is 1. The van der Waals surface area contributed by atoms with Crippen molar-refractivity contribution in [2.75, 3.05) is 12.3 Å². The fourth-order valence-electron chi connectivity index (χ4n) is 1.89. The van der Waals surface area contributed by atoms with E-state index in [-0.39, 0.29) is 12.4 Å². The number of azide groups is 1. The van der Waals surface area contributed by atoms with E-state index in [1.807, 2.05) is 0 Å². The minimum Gasteiger partial charge on any atom is -0.394 e. The van der Waals surface area contributed by atoms with Gasteiger partial charge in [-0.2, -0.15) is 4.98 Å². The summed E-state index contributed by atoms with van der Waals surface area (Å²) in [7, 11) is 0. The van der Waals surface area contributed by atoms with Crippen LogP contribution in [0, 0.1) is 0 Å². The van der Waals surface area contributed by atoms with Crippen molar-refractivity contribution >= 4 is 5.82 Å². The Morgan fingerprint density at radius 2 is 2.56 bits per heavy atom. The van der Waals surface area contributed by atoms with Crippen molar-refractivity contribution in [1.82, 2.24) is 9.55 Å². The van der Waals surface area contributed by atoms with E-state index in [4.69, 9.17) is 21.1 Å². The van der Waals surface area contributed by atoms with Crippen LogP contribution in [0.2, 0.25) is 0 Å². The van der Waals surface area contributed by atoms with Crippen LogP contribution in [0.5, 0.6) is 0 Å². The first kappa shape index (κ1) is 12.4. The molecule has 0 saturated carbocycles. The third kappa shape index (κ3) is 2.28. The van der Waals surface area contributed by atoms with Crippen LogP contribution >= 0.6 is 0 Å². The summed E-state index contributed by atoms with van der Waals surface area (Å²) >= 11 is 0. The van der Waals surface area contributed by atoms with Crippen LogP contribution in [-0.2, 0) is 4.74 Å². The molecule has 18 heavy (non-hydrogen) atoms. The highest BCUT2D eigenvalue weighted by Crippen LogP contribution is 2.30. The van der Waals surface area contributed by atoms with Gasteiger partial charge in [0.15, 0.2) is 0 Å². The summed E-state index contributed by atoms with van der Waals surface area (Å²) in [6.45, 7) is -0.203. The molecular weight excluding hydrogens is 240 g/mol. The lowest BCUT2D eigenvalue weighted by atomic mass is 10.2. The summed E-state index contributed by atoms with van der Waals surface area (Å²) in [4.78, 5) is 18.0. The summed E-state index contributed by atoms with van der Waals surface area (Å²) < 4.78 is 6.65. The number of ether oxygens (including phenoxy) is 1. The zero-order chi connectivity index (χ0) is 13.1. The van der Waals surface area contributed by atoms with Gasteiger partial charge in [0.25, 0.3) is 0 Å². The van der Waals surface area contributed by atoms with Gasteiger partial charge < -0.3 is 15.6 Å².